The molecule has 96 valence electrons. The van der Waals surface area contributed by atoms with E-state index < -0.39 is 11.7 Å². The Hall–Kier alpha value is -1.10. The van der Waals surface area contributed by atoms with E-state index in [4.69, 9.17) is 0 Å². The van der Waals surface area contributed by atoms with E-state index in [9.17, 15) is 13.2 Å². The molecule has 17 heavy (non-hydrogen) atoms. The molecule has 1 N–H and O–H groups in total. The second kappa shape index (κ2) is 5.49. The minimum Gasteiger partial charge on any atom is -0.314 e. The molecule has 2 atom stereocenters. The Bertz CT molecular complexity index is 346. The molecular weight excluding hydrogens is 229 g/mol. The molecule has 0 radical (unpaired) electrons. The zero-order chi connectivity index (χ0) is 13.1. The van der Waals surface area contributed by atoms with Crippen molar-refractivity contribution in [2.75, 3.05) is 6.54 Å². The van der Waals surface area contributed by atoms with Crippen molar-refractivity contribution in [3.05, 3.63) is 29.6 Å². The third-order valence-electron chi connectivity index (χ3n) is 2.86. The molecule has 0 aliphatic heterocycles. The number of likely N-dealkylation sites (N-methyl/N-ethyl adjacent to an activating group) is 1. The smallest absolute Gasteiger partial charge is 0.314 e. The molecular formula is C12H17F3N2. The van der Waals surface area contributed by atoms with Crippen molar-refractivity contribution in [1.29, 1.82) is 0 Å². The van der Waals surface area contributed by atoms with Gasteiger partial charge in [0.25, 0.3) is 0 Å². The normalized spacial score (nSPS) is 15.6. The van der Waals surface area contributed by atoms with E-state index in [2.05, 4.69) is 10.3 Å². The van der Waals surface area contributed by atoms with Gasteiger partial charge in [0.1, 0.15) is 0 Å². The van der Waals surface area contributed by atoms with Crippen molar-refractivity contribution in [1.82, 2.24) is 10.3 Å². The van der Waals surface area contributed by atoms with Gasteiger partial charge in [-0.2, -0.15) is 13.2 Å². The summed E-state index contributed by atoms with van der Waals surface area (Å²) in [6, 6.07) is 2.71. The van der Waals surface area contributed by atoms with Crippen LogP contribution >= 0.6 is 0 Å². The second-order valence-electron chi connectivity index (χ2n) is 4.10. The zero-order valence-electron chi connectivity index (χ0n) is 10.2. The van der Waals surface area contributed by atoms with Gasteiger partial charge in [-0.25, -0.2) is 0 Å². The maximum atomic E-state index is 12.3. The number of rotatable bonds is 4. The molecule has 5 heteroatoms. The van der Waals surface area contributed by atoms with Gasteiger partial charge in [0.15, 0.2) is 0 Å². The standard InChI is InChI=1S/C12H17F3N2/c1-4-16-9(3)8(2)11-6-5-10(7-17-11)12(13,14)15/h5-9,16H,4H2,1-3H3. The first-order valence-electron chi connectivity index (χ1n) is 5.62. The van der Waals surface area contributed by atoms with Gasteiger partial charge < -0.3 is 5.32 Å². The van der Waals surface area contributed by atoms with Crippen molar-refractivity contribution in [2.24, 2.45) is 0 Å². The number of nitrogens with zero attached hydrogens (tertiary/aromatic N) is 1. The molecule has 0 saturated carbocycles. The fourth-order valence-corrected chi connectivity index (χ4v) is 1.60. The molecule has 0 bridgehead atoms. The van der Waals surface area contributed by atoms with E-state index in [-0.39, 0.29) is 12.0 Å². The molecule has 0 aromatic carbocycles. The summed E-state index contributed by atoms with van der Waals surface area (Å²) in [6.07, 6.45) is -3.42. The highest BCUT2D eigenvalue weighted by Crippen LogP contribution is 2.29. The van der Waals surface area contributed by atoms with Crippen molar-refractivity contribution < 1.29 is 13.2 Å². The van der Waals surface area contributed by atoms with E-state index in [0.717, 1.165) is 18.8 Å². The predicted molar refractivity (Wildman–Crippen MR) is 60.8 cm³/mol. The Kier molecular flexibility index (Phi) is 4.51. The van der Waals surface area contributed by atoms with E-state index in [0.29, 0.717) is 5.69 Å². The number of hydrogen-bond acceptors (Lipinski definition) is 2. The van der Waals surface area contributed by atoms with Gasteiger partial charge in [-0.1, -0.05) is 13.8 Å². The maximum Gasteiger partial charge on any atom is 0.417 e. The van der Waals surface area contributed by atoms with Crippen molar-refractivity contribution in [2.45, 2.75) is 38.9 Å². The van der Waals surface area contributed by atoms with Crippen LogP contribution in [0.5, 0.6) is 0 Å². The first-order chi connectivity index (χ1) is 7.86. The van der Waals surface area contributed by atoms with E-state index in [1.165, 1.54) is 6.07 Å². The summed E-state index contributed by atoms with van der Waals surface area (Å²) in [5.74, 6) is 0.0808. The average molecular weight is 246 g/mol. The van der Waals surface area contributed by atoms with Crippen LogP contribution < -0.4 is 5.32 Å². The summed E-state index contributed by atoms with van der Waals surface area (Å²) >= 11 is 0. The SMILES string of the molecule is CCNC(C)C(C)c1ccc(C(F)(F)F)cn1. The summed E-state index contributed by atoms with van der Waals surface area (Å²) in [6.45, 7) is 6.76. The van der Waals surface area contributed by atoms with Crippen LogP contribution in [0.15, 0.2) is 18.3 Å². The first-order valence-corrected chi connectivity index (χ1v) is 5.62. The third-order valence-corrected chi connectivity index (χ3v) is 2.86. The lowest BCUT2D eigenvalue weighted by Gasteiger charge is -2.20. The number of hydrogen-bond donors (Lipinski definition) is 1. The Labute approximate surface area is 99.3 Å². The van der Waals surface area contributed by atoms with Gasteiger partial charge in [0.05, 0.1) is 5.56 Å². The van der Waals surface area contributed by atoms with Crippen molar-refractivity contribution in [3.8, 4) is 0 Å². The van der Waals surface area contributed by atoms with Crippen molar-refractivity contribution >= 4 is 0 Å². The molecule has 1 aromatic heterocycles. The van der Waals surface area contributed by atoms with Crippen LogP contribution in [0, 0.1) is 0 Å². The van der Waals surface area contributed by atoms with Gasteiger partial charge in [-0.05, 0) is 25.6 Å². The minimum atomic E-state index is -4.32. The summed E-state index contributed by atoms with van der Waals surface area (Å²) in [5.41, 5.74) is -0.0315. The van der Waals surface area contributed by atoms with Crippen LogP contribution in [-0.2, 0) is 6.18 Å². The Morgan fingerprint density at radius 3 is 2.35 bits per heavy atom. The van der Waals surface area contributed by atoms with Gasteiger partial charge in [-0.15, -0.1) is 0 Å². The van der Waals surface area contributed by atoms with Crippen LogP contribution in [-0.4, -0.2) is 17.6 Å². The summed E-state index contributed by atoms with van der Waals surface area (Å²) in [7, 11) is 0. The Morgan fingerprint density at radius 1 is 1.29 bits per heavy atom. The number of halogens is 3. The maximum absolute atomic E-state index is 12.3. The number of alkyl halides is 3. The van der Waals surface area contributed by atoms with E-state index >= 15 is 0 Å². The Balaban J connectivity index is 2.80. The zero-order valence-corrected chi connectivity index (χ0v) is 10.2. The fourth-order valence-electron chi connectivity index (χ4n) is 1.60. The lowest BCUT2D eigenvalue weighted by molar-refractivity contribution is -0.137. The van der Waals surface area contributed by atoms with Crippen LogP contribution in [0.1, 0.15) is 37.9 Å². The fraction of sp³-hybridized carbons (Fsp3) is 0.583. The van der Waals surface area contributed by atoms with Crippen LogP contribution in [0.2, 0.25) is 0 Å². The lowest BCUT2D eigenvalue weighted by atomic mass is 9.98. The summed E-state index contributed by atoms with van der Waals surface area (Å²) in [5, 5.41) is 3.23. The molecule has 2 nitrogen and oxygen atoms in total. The quantitative estimate of drug-likeness (QED) is 0.882. The molecule has 2 unspecified atom stereocenters. The largest absolute Gasteiger partial charge is 0.417 e. The molecule has 0 aliphatic carbocycles. The lowest BCUT2D eigenvalue weighted by Crippen LogP contribution is -2.31. The Morgan fingerprint density at radius 2 is 1.94 bits per heavy atom. The summed E-state index contributed by atoms with van der Waals surface area (Å²) in [4.78, 5) is 3.89. The number of aromatic nitrogens is 1. The van der Waals surface area contributed by atoms with E-state index in [1.54, 1.807) is 0 Å². The topological polar surface area (TPSA) is 24.9 Å². The molecule has 0 spiro atoms. The molecule has 0 amide bonds. The molecule has 0 saturated heterocycles. The van der Waals surface area contributed by atoms with Crippen molar-refractivity contribution in [3.63, 3.8) is 0 Å². The molecule has 1 heterocycles. The molecule has 0 aliphatic rings. The molecule has 0 fully saturated rings. The highest BCUT2D eigenvalue weighted by Gasteiger charge is 2.31. The first kappa shape index (κ1) is 14.0. The number of nitrogens with one attached hydrogen (secondary N) is 1. The second-order valence-corrected chi connectivity index (χ2v) is 4.10. The molecule has 1 aromatic rings. The van der Waals surface area contributed by atoms with Gasteiger partial charge >= 0.3 is 6.18 Å². The van der Waals surface area contributed by atoms with E-state index in [1.807, 2.05) is 20.8 Å². The summed E-state index contributed by atoms with van der Waals surface area (Å²) < 4.78 is 37.0. The van der Waals surface area contributed by atoms with Crippen LogP contribution in [0.3, 0.4) is 0 Å². The highest BCUT2D eigenvalue weighted by atomic mass is 19.4. The molecule has 1 rings (SSSR count). The average Bonchev–Trinajstić information content (AvgIpc) is 2.27. The minimum absolute atomic E-state index is 0.0808. The number of pyridine rings is 1. The van der Waals surface area contributed by atoms with Crippen LogP contribution in [0.25, 0.3) is 0 Å². The van der Waals surface area contributed by atoms with Gasteiger partial charge in [0.2, 0.25) is 0 Å². The van der Waals surface area contributed by atoms with Gasteiger partial charge in [0, 0.05) is 23.9 Å². The van der Waals surface area contributed by atoms with Gasteiger partial charge in [-0.3, -0.25) is 4.98 Å². The third kappa shape index (κ3) is 3.70. The highest BCUT2D eigenvalue weighted by molar-refractivity contribution is 5.19. The predicted octanol–water partition coefficient (Wildman–Crippen LogP) is 3.20. The van der Waals surface area contributed by atoms with Crippen LogP contribution in [0.4, 0.5) is 13.2 Å². The monoisotopic (exact) mass is 246 g/mol.